The van der Waals surface area contributed by atoms with Crippen molar-refractivity contribution in [3.05, 3.63) is 32.6 Å². The number of nitrogens with one attached hydrogen (secondary N) is 2. The Bertz CT molecular complexity index is 824. The van der Waals surface area contributed by atoms with E-state index in [4.69, 9.17) is 9.26 Å². The molecule has 2 aromatic heterocycles. The molecule has 9 heteroatoms. The summed E-state index contributed by atoms with van der Waals surface area (Å²) in [7, 11) is 0. The van der Waals surface area contributed by atoms with Gasteiger partial charge < -0.3 is 19.9 Å². The number of hydrogen-bond acceptors (Lipinski definition) is 7. The fourth-order valence-electron chi connectivity index (χ4n) is 2.88. The van der Waals surface area contributed by atoms with Crippen molar-refractivity contribution in [3.8, 4) is 0 Å². The molecule has 160 valence electrons. The molecule has 0 spiro atoms. The molecule has 0 bridgehead atoms. The van der Waals surface area contributed by atoms with E-state index in [1.54, 1.807) is 6.92 Å². The van der Waals surface area contributed by atoms with Gasteiger partial charge in [-0.25, -0.2) is 9.78 Å². The molecular formula is C20H31N5O3S. The van der Waals surface area contributed by atoms with Crippen LogP contribution in [0.4, 0.5) is 0 Å². The van der Waals surface area contributed by atoms with E-state index in [2.05, 4.69) is 25.8 Å². The minimum Gasteiger partial charge on any atom is -0.462 e. The van der Waals surface area contributed by atoms with Crippen molar-refractivity contribution in [1.29, 1.82) is 0 Å². The van der Waals surface area contributed by atoms with Crippen LogP contribution in [0.5, 0.6) is 0 Å². The molecule has 0 radical (unpaired) electrons. The van der Waals surface area contributed by atoms with Crippen LogP contribution in [-0.2, 0) is 11.2 Å². The number of carbonyl (C=O) groups excluding carboxylic acids is 1. The highest BCUT2D eigenvalue weighted by molar-refractivity contribution is 7.13. The zero-order valence-corrected chi connectivity index (χ0v) is 18.9. The van der Waals surface area contributed by atoms with E-state index < -0.39 is 0 Å². The Kier molecular flexibility index (Phi) is 8.63. The number of rotatable bonds is 9. The summed E-state index contributed by atoms with van der Waals surface area (Å²) in [6.45, 7) is 13.3. The van der Waals surface area contributed by atoms with Crippen molar-refractivity contribution in [2.75, 3.05) is 19.7 Å². The predicted octanol–water partition coefficient (Wildman–Crippen LogP) is 3.48. The van der Waals surface area contributed by atoms with Crippen LogP contribution < -0.4 is 10.6 Å². The van der Waals surface area contributed by atoms with E-state index in [1.165, 1.54) is 11.3 Å². The molecule has 0 saturated carbocycles. The molecule has 29 heavy (non-hydrogen) atoms. The van der Waals surface area contributed by atoms with E-state index in [9.17, 15) is 4.79 Å². The molecule has 1 atom stereocenters. The third-order valence-electron chi connectivity index (χ3n) is 4.38. The fourth-order valence-corrected chi connectivity index (χ4v) is 3.84. The molecule has 0 aromatic carbocycles. The van der Waals surface area contributed by atoms with Gasteiger partial charge in [0.2, 0.25) is 0 Å². The topological polar surface area (TPSA) is 102 Å². The molecule has 8 nitrogen and oxygen atoms in total. The molecule has 0 aliphatic rings. The molecule has 2 N–H and O–H groups in total. The Hall–Kier alpha value is -2.42. The lowest BCUT2D eigenvalue weighted by molar-refractivity contribution is 0.0531. The van der Waals surface area contributed by atoms with Gasteiger partial charge in [-0.05, 0) is 54.4 Å². The maximum atomic E-state index is 12.0. The van der Waals surface area contributed by atoms with Crippen LogP contribution in [-0.4, -0.2) is 41.8 Å². The molecule has 0 amide bonds. The summed E-state index contributed by atoms with van der Waals surface area (Å²) < 4.78 is 10.3. The lowest BCUT2D eigenvalue weighted by Crippen LogP contribution is -2.38. The lowest BCUT2D eigenvalue weighted by atomic mass is 10.1. The number of aliphatic imine (C=N–C) groups is 1. The minimum absolute atomic E-state index is 0.0813. The second kappa shape index (κ2) is 10.9. The zero-order valence-electron chi connectivity index (χ0n) is 18.1. The molecule has 1 unspecified atom stereocenters. The number of carbonyl (C=O) groups is 1. The summed E-state index contributed by atoms with van der Waals surface area (Å²) in [5, 5.41) is 11.4. The normalized spacial score (nSPS) is 12.7. The van der Waals surface area contributed by atoms with Crippen LogP contribution in [0, 0.1) is 20.8 Å². The van der Waals surface area contributed by atoms with Gasteiger partial charge in [-0.15, -0.1) is 11.3 Å². The predicted molar refractivity (Wildman–Crippen MR) is 115 cm³/mol. The number of esters is 1. The average molecular weight is 422 g/mol. The SMILES string of the molecule is CCNC(=NCCCc1c(C)noc1C)NC(C)c1nc(C)c(C(=O)OCC)s1. The van der Waals surface area contributed by atoms with Crippen molar-refractivity contribution < 1.29 is 14.1 Å². The highest BCUT2D eigenvalue weighted by Gasteiger charge is 2.20. The minimum atomic E-state index is -0.319. The summed E-state index contributed by atoms with van der Waals surface area (Å²) in [5.74, 6) is 1.28. The van der Waals surface area contributed by atoms with Gasteiger partial charge in [-0.3, -0.25) is 4.99 Å². The zero-order chi connectivity index (χ0) is 21.4. The van der Waals surface area contributed by atoms with Gasteiger partial charge in [0.25, 0.3) is 0 Å². The summed E-state index contributed by atoms with van der Waals surface area (Å²) in [6.07, 6.45) is 1.78. The largest absolute Gasteiger partial charge is 0.462 e. The summed E-state index contributed by atoms with van der Waals surface area (Å²) in [5.41, 5.74) is 2.80. The van der Waals surface area contributed by atoms with E-state index in [1.807, 2.05) is 34.6 Å². The summed E-state index contributed by atoms with van der Waals surface area (Å²) >= 11 is 1.36. The second-order valence-electron chi connectivity index (χ2n) is 6.72. The van der Waals surface area contributed by atoms with Gasteiger partial charge in [0, 0.05) is 18.7 Å². The molecule has 2 rings (SSSR count). The number of nitrogens with zero attached hydrogens (tertiary/aromatic N) is 3. The molecule has 0 aliphatic carbocycles. The van der Waals surface area contributed by atoms with Gasteiger partial charge in [0.1, 0.15) is 15.6 Å². The van der Waals surface area contributed by atoms with E-state index in [0.29, 0.717) is 23.7 Å². The third-order valence-corrected chi connectivity index (χ3v) is 5.70. The first-order valence-electron chi connectivity index (χ1n) is 9.98. The van der Waals surface area contributed by atoms with Gasteiger partial charge >= 0.3 is 5.97 Å². The number of ether oxygens (including phenoxy) is 1. The van der Waals surface area contributed by atoms with Crippen LogP contribution in [0.3, 0.4) is 0 Å². The standard InChI is InChI=1S/C20H31N5O3S/c1-7-21-20(22-11-9-10-16-12(3)25-28-15(16)6)24-14(5)18-23-13(4)17(29-18)19(26)27-8-2/h14H,7-11H2,1-6H3,(H2,21,22,24). The van der Waals surface area contributed by atoms with Crippen LogP contribution in [0.1, 0.15) is 70.6 Å². The average Bonchev–Trinajstić information content (AvgIpc) is 3.22. The van der Waals surface area contributed by atoms with Crippen molar-refractivity contribution in [2.45, 2.75) is 60.4 Å². The van der Waals surface area contributed by atoms with Crippen molar-refractivity contribution in [2.24, 2.45) is 4.99 Å². The van der Waals surface area contributed by atoms with Gasteiger partial charge in [0.15, 0.2) is 5.96 Å². The Morgan fingerprint density at radius 2 is 2.03 bits per heavy atom. The summed E-state index contributed by atoms with van der Waals surface area (Å²) in [4.78, 5) is 21.8. The third kappa shape index (κ3) is 6.28. The Morgan fingerprint density at radius 3 is 2.66 bits per heavy atom. The maximum absolute atomic E-state index is 12.0. The van der Waals surface area contributed by atoms with Crippen molar-refractivity contribution in [3.63, 3.8) is 0 Å². The number of aryl methyl sites for hydroxylation is 3. The smallest absolute Gasteiger partial charge is 0.350 e. The second-order valence-corrected chi connectivity index (χ2v) is 7.75. The molecule has 0 aliphatic heterocycles. The van der Waals surface area contributed by atoms with E-state index >= 15 is 0 Å². The van der Waals surface area contributed by atoms with Crippen LogP contribution in [0.15, 0.2) is 9.52 Å². The quantitative estimate of drug-likeness (QED) is 0.277. The molecular weight excluding hydrogens is 390 g/mol. The number of guanidine groups is 1. The first-order chi connectivity index (χ1) is 13.9. The number of hydrogen-bond donors (Lipinski definition) is 2. The first kappa shape index (κ1) is 22.9. The van der Waals surface area contributed by atoms with E-state index in [0.717, 1.165) is 47.4 Å². The number of thiazole rings is 1. The summed E-state index contributed by atoms with van der Waals surface area (Å²) in [6, 6.07) is -0.0813. The highest BCUT2D eigenvalue weighted by Crippen LogP contribution is 2.24. The Labute approximate surface area is 176 Å². The number of aromatic nitrogens is 2. The van der Waals surface area contributed by atoms with Crippen LogP contribution >= 0.6 is 11.3 Å². The van der Waals surface area contributed by atoms with Gasteiger partial charge in [0.05, 0.1) is 24.0 Å². The van der Waals surface area contributed by atoms with Gasteiger partial charge in [-0.2, -0.15) is 0 Å². The fraction of sp³-hybridized carbons (Fsp3) is 0.600. The van der Waals surface area contributed by atoms with E-state index in [-0.39, 0.29) is 12.0 Å². The van der Waals surface area contributed by atoms with Crippen molar-refractivity contribution >= 4 is 23.3 Å². The lowest BCUT2D eigenvalue weighted by Gasteiger charge is -2.16. The molecule has 0 fully saturated rings. The Morgan fingerprint density at radius 1 is 1.28 bits per heavy atom. The first-order valence-corrected chi connectivity index (χ1v) is 10.8. The molecule has 2 heterocycles. The maximum Gasteiger partial charge on any atom is 0.350 e. The Balaban J connectivity index is 1.97. The van der Waals surface area contributed by atoms with Crippen LogP contribution in [0.2, 0.25) is 0 Å². The highest BCUT2D eigenvalue weighted by atomic mass is 32.1. The van der Waals surface area contributed by atoms with Crippen molar-refractivity contribution in [1.82, 2.24) is 20.8 Å². The van der Waals surface area contributed by atoms with Crippen LogP contribution in [0.25, 0.3) is 0 Å². The van der Waals surface area contributed by atoms with Gasteiger partial charge in [-0.1, -0.05) is 5.16 Å². The molecule has 0 saturated heterocycles. The monoisotopic (exact) mass is 421 g/mol. The molecule has 2 aromatic rings.